The second-order valence-electron chi connectivity index (χ2n) is 1.58. The van der Waals surface area contributed by atoms with Crippen molar-refractivity contribution in [2.75, 3.05) is 0 Å². The average molecular weight is 192 g/mol. The molecule has 1 heterocycles. The van der Waals surface area contributed by atoms with Gasteiger partial charge in [-0.1, -0.05) is 15.9 Å². The molecule has 0 bridgehead atoms. The summed E-state index contributed by atoms with van der Waals surface area (Å²) in [6.45, 7) is 0. The summed E-state index contributed by atoms with van der Waals surface area (Å²) in [7, 11) is 0. The number of hydrogen-bond donors (Lipinski definition) is 1. The third-order valence-corrected chi connectivity index (χ3v) is 1.65. The van der Waals surface area contributed by atoms with Gasteiger partial charge >= 0.3 is 0 Å². The van der Waals surface area contributed by atoms with Gasteiger partial charge in [0.1, 0.15) is 4.83 Å². The first-order chi connectivity index (χ1) is 3.70. The maximum absolute atomic E-state index is 10.4. The van der Waals surface area contributed by atoms with Gasteiger partial charge in [0.25, 0.3) is 0 Å². The van der Waals surface area contributed by atoms with Crippen molar-refractivity contribution in [3.05, 3.63) is 0 Å². The van der Waals surface area contributed by atoms with E-state index in [4.69, 9.17) is 0 Å². The Balaban J connectivity index is 0.000000640. The summed E-state index contributed by atoms with van der Waals surface area (Å²) in [5.74, 6) is -0.424. The molecule has 5 heteroatoms. The Morgan fingerprint density at radius 3 is 2.22 bits per heavy atom. The topological polar surface area (TPSA) is 76.7 Å². The molecule has 1 atom stereocenters. The van der Waals surface area contributed by atoms with E-state index in [0.717, 1.165) is 0 Å². The molecule has 1 aliphatic heterocycles. The molecule has 4 nitrogen and oxygen atoms in total. The average Bonchev–Trinajstić information content (AvgIpc) is 1.85. The Morgan fingerprint density at radius 2 is 2.11 bits per heavy atom. The zero-order chi connectivity index (χ0) is 6.15. The van der Waals surface area contributed by atoms with Crippen LogP contribution in [-0.2, 0) is 9.59 Å². The quantitative estimate of drug-likeness (QED) is 0.407. The van der Waals surface area contributed by atoms with Crippen LogP contribution in [-0.4, -0.2) is 16.6 Å². The first kappa shape index (κ1) is 8.58. The zero-order valence-corrected chi connectivity index (χ0v) is 6.01. The molecule has 1 unspecified atom stereocenters. The van der Waals surface area contributed by atoms with Crippen LogP contribution in [0.15, 0.2) is 0 Å². The van der Waals surface area contributed by atoms with E-state index in [-0.39, 0.29) is 29.2 Å². The van der Waals surface area contributed by atoms with Crippen LogP contribution < -0.4 is 11.5 Å². The summed E-state index contributed by atoms with van der Waals surface area (Å²) in [6, 6.07) is 0. The molecule has 0 saturated carbocycles. The highest BCUT2D eigenvalue weighted by Crippen LogP contribution is 2.09. The molecule has 1 aliphatic rings. The van der Waals surface area contributed by atoms with Gasteiger partial charge in [0.05, 0.1) is 0 Å². The van der Waals surface area contributed by atoms with Gasteiger partial charge in [0.2, 0.25) is 11.8 Å². The standard InChI is InChI=1S/C4H4BrNO2.N/c5-2-1-3(7)6-4(2)8;/h2H,1H2,(H,6,7,8);. The summed E-state index contributed by atoms with van der Waals surface area (Å²) in [6.07, 6.45) is 0.277. The second-order valence-corrected chi connectivity index (χ2v) is 2.69. The van der Waals surface area contributed by atoms with Gasteiger partial charge in [-0.05, 0) is 0 Å². The number of carbonyl (C=O) groups excluding carboxylic acids is 2. The van der Waals surface area contributed by atoms with Crippen LogP contribution in [0.25, 0.3) is 0 Å². The highest BCUT2D eigenvalue weighted by Gasteiger charge is 2.27. The summed E-state index contributed by atoms with van der Waals surface area (Å²) < 4.78 is 0. The predicted molar refractivity (Wildman–Crippen MR) is 32.6 cm³/mol. The van der Waals surface area contributed by atoms with Crippen molar-refractivity contribution >= 4 is 27.7 Å². The van der Waals surface area contributed by atoms with Crippen LogP contribution in [0.1, 0.15) is 6.42 Å². The van der Waals surface area contributed by atoms with E-state index < -0.39 is 0 Å². The minimum Gasteiger partial charge on any atom is -0.295 e. The molecular formula is C4H4BrN2O2. The molecule has 1 rings (SSSR count). The fraction of sp³-hybridized carbons (Fsp3) is 0.500. The number of carbonyl (C=O) groups is 2. The van der Waals surface area contributed by atoms with Gasteiger partial charge in [-0.15, -0.1) is 0 Å². The van der Waals surface area contributed by atoms with Gasteiger partial charge in [-0.25, -0.2) is 0 Å². The van der Waals surface area contributed by atoms with Crippen molar-refractivity contribution in [3.8, 4) is 0 Å². The molecular weight excluding hydrogens is 188 g/mol. The third kappa shape index (κ3) is 1.76. The SMILES string of the molecule is O=C1CC(Br)C(=O)N1.[N]. The van der Waals surface area contributed by atoms with E-state index in [1.165, 1.54) is 0 Å². The van der Waals surface area contributed by atoms with Crippen LogP contribution in [0.5, 0.6) is 0 Å². The number of rotatable bonds is 0. The molecule has 3 radical (unpaired) electrons. The fourth-order valence-electron chi connectivity index (χ4n) is 0.522. The highest BCUT2D eigenvalue weighted by atomic mass is 79.9. The number of nitrogens with one attached hydrogen (secondary N) is 1. The Bertz CT molecular complexity index is 148. The molecule has 0 aromatic carbocycles. The zero-order valence-electron chi connectivity index (χ0n) is 4.43. The lowest BCUT2D eigenvalue weighted by Gasteiger charge is -1.86. The maximum atomic E-state index is 10.4. The number of halogens is 1. The number of amides is 2. The van der Waals surface area contributed by atoms with Crippen molar-refractivity contribution < 1.29 is 9.59 Å². The molecule has 0 aromatic heterocycles. The summed E-state index contributed by atoms with van der Waals surface area (Å²) in [4.78, 5) is 20.4. The van der Waals surface area contributed by atoms with E-state index in [0.29, 0.717) is 0 Å². The van der Waals surface area contributed by atoms with Gasteiger partial charge < -0.3 is 0 Å². The third-order valence-electron chi connectivity index (χ3n) is 0.912. The van der Waals surface area contributed by atoms with Crippen molar-refractivity contribution in [1.29, 1.82) is 0 Å². The number of imide groups is 1. The number of nitrogens with zero attached hydrogens (tertiary/aromatic N) is 1. The lowest BCUT2D eigenvalue weighted by atomic mass is 10.4. The van der Waals surface area contributed by atoms with Gasteiger partial charge in [0.15, 0.2) is 0 Å². The van der Waals surface area contributed by atoms with Gasteiger partial charge in [-0.3, -0.25) is 14.9 Å². The first-order valence-corrected chi connectivity index (χ1v) is 3.09. The Morgan fingerprint density at radius 1 is 1.56 bits per heavy atom. The summed E-state index contributed by atoms with van der Waals surface area (Å²) >= 11 is 3.01. The fourth-order valence-corrected chi connectivity index (χ4v) is 0.931. The van der Waals surface area contributed by atoms with Crippen LogP contribution >= 0.6 is 15.9 Å². The Labute approximate surface area is 60.7 Å². The maximum Gasteiger partial charge on any atom is 0.240 e. The molecule has 0 aliphatic carbocycles. The van der Waals surface area contributed by atoms with E-state index in [1.807, 2.05) is 0 Å². The van der Waals surface area contributed by atoms with E-state index in [9.17, 15) is 9.59 Å². The highest BCUT2D eigenvalue weighted by molar-refractivity contribution is 9.10. The molecule has 1 fully saturated rings. The lowest BCUT2D eigenvalue weighted by Crippen LogP contribution is -2.21. The Kier molecular flexibility index (Phi) is 2.80. The summed E-state index contributed by atoms with van der Waals surface area (Å²) in [5.41, 5.74) is 0. The molecule has 0 aromatic rings. The molecule has 2 amide bonds. The van der Waals surface area contributed by atoms with Crippen molar-refractivity contribution in [1.82, 2.24) is 11.5 Å². The molecule has 1 N–H and O–H groups in total. The van der Waals surface area contributed by atoms with Gasteiger partial charge in [-0.2, -0.15) is 0 Å². The van der Waals surface area contributed by atoms with Crippen LogP contribution in [0.4, 0.5) is 0 Å². The van der Waals surface area contributed by atoms with Gasteiger partial charge in [0, 0.05) is 12.6 Å². The van der Waals surface area contributed by atoms with E-state index >= 15 is 0 Å². The minimum atomic E-state index is -0.296. The normalized spacial score (nSPS) is 25.2. The monoisotopic (exact) mass is 191 g/mol. The van der Waals surface area contributed by atoms with Crippen molar-refractivity contribution in [2.45, 2.75) is 11.2 Å². The molecule has 1 saturated heterocycles. The molecule has 9 heavy (non-hydrogen) atoms. The second kappa shape index (κ2) is 2.93. The molecule has 49 valence electrons. The van der Waals surface area contributed by atoms with Crippen molar-refractivity contribution in [2.24, 2.45) is 0 Å². The van der Waals surface area contributed by atoms with E-state index in [2.05, 4.69) is 21.2 Å². The van der Waals surface area contributed by atoms with Crippen LogP contribution in [0.3, 0.4) is 0 Å². The molecule has 0 spiro atoms. The van der Waals surface area contributed by atoms with Crippen molar-refractivity contribution in [3.63, 3.8) is 0 Å². The predicted octanol–water partition coefficient (Wildman–Crippen LogP) is -0.684. The van der Waals surface area contributed by atoms with E-state index in [1.54, 1.807) is 0 Å². The number of alkyl halides is 1. The Hall–Kier alpha value is -0.420. The van der Waals surface area contributed by atoms with Crippen LogP contribution in [0.2, 0.25) is 0 Å². The first-order valence-electron chi connectivity index (χ1n) is 2.18. The largest absolute Gasteiger partial charge is 0.295 e. The summed E-state index contributed by atoms with van der Waals surface area (Å²) in [5, 5.41) is 2.14. The smallest absolute Gasteiger partial charge is 0.240 e. The number of hydrogen-bond acceptors (Lipinski definition) is 2. The lowest BCUT2D eigenvalue weighted by molar-refractivity contribution is -0.124. The van der Waals surface area contributed by atoms with Crippen LogP contribution in [0, 0.1) is 0 Å². The minimum absolute atomic E-state index is 0.